The Labute approximate surface area is 203 Å². The predicted molar refractivity (Wildman–Crippen MR) is 131 cm³/mol. The number of hydrogen-bond donors (Lipinski definition) is 0. The number of thiazole rings is 1. The first kappa shape index (κ1) is 23.9. The summed E-state index contributed by atoms with van der Waals surface area (Å²) in [6, 6.07) is 12.7. The number of aryl methyl sites for hydroxylation is 1. The van der Waals surface area contributed by atoms with Crippen LogP contribution in [0.5, 0.6) is 11.5 Å². The van der Waals surface area contributed by atoms with E-state index in [0.717, 1.165) is 34.9 Å². The van der Waals surface area contributed by atoms with Crippen LogP contribution in [0, 0.1) is 12.7 Å². The van der Waals surface area contributed by atoms with Crippen LogP contribution in [0.25, 0.3) is 6.08 Å². The van der Waals surface area contributed by atoms with Gasteiger partial charge in [-0.2, -0.15) is 0 Å². The average Bonchev–Trinajstić information content (AvgIpc) is 3.27. The van der Waals surface area contributed by atoms with Crippen molar-refractivity contribution in [1.82, 2.24) is 14.8 Å². The summed E-state index contributed by atoms with van der Waals surface area (Å²) in [7, 11) is 1.46. The Balaban J connectivity index is 1.29. The highest BCUT2D eigenvalue weighted by Gasteiger charge is 2.20. The average molecular weight is 482 g/mol. The summed E-state index contributed by atoms with van der Waals surface area (Å²) in [5, 5.41) is 3.00. The summed E-state index contributed by atoms with van der Waals surface area (Å²) < 4.78 is 24.9. The van der Waals surface area contributed by atoms with Crippen LogP contribution < -0.4 is 9.47 Å². The number of methoxy groups -OCH3 is 1. The molecule has 0 N–H and O–H groups in total. The summed E-state index contributed by atoms with van der Waals surface area (Å²) in [5.74, 6) is 0.579. The highest BCUT2D eigenvalue weighted by atomic mass is 32.1. The Morgan fingerprint density at radius 2 is 1.94 bits per heavy atom. The van der Waals surface area contributed by atoms with Gasteiger partial charge < -0.3 is 14.4 Å². The van der Waals surface area contributed by atoms with Crippen LogP contribution in [0.1, 0.15) is 21.8 Å². The molecule has 1 amide bonds. The second kappa shape index (κ2) is 11.3. The van der Waals surface area contributed by atoms with Crippen molar-refractivity contribution < 1.29 is 18.7 Å². The fourth-order valence-electron chi connectivity index (χ4n) is 3.84. The number of piperazine rings is 1. The molecule has 0 aliphatic carbocycles. The molecule has 1 fully saturated rings. The molecule has 0 saturated carbocycles. The van der Waals surface area contributed by atoms with Crippen LogP contribution in [-0.4, -0.2) is 54.0 Å². The molecule has 1 aliphatic heterocycles. The van der Waals surface area contributed by atoms with E-state index in [0.29, 0.717) is 32.0 Å². The molecular formula is C26H28FN3O3S. The third-order valence-corrected chi connectivity index (χ3v) is 6.50. The largest absolute Gasteiger partial charge is 0.494 e. The summed E-state index contributed by atoms with van der Waals surface area (Å²) in [6.45, 7) is 5.73. The van der Waals surface area contributed by atoms with Crippen LogP contribution >= 0.6 is 11.3 Å². The first-order valence-corrected chi connectivity index (χ1v) is 12.0. The van der Waals surface area contributed by atoms with Crippen molar-refractivity contribution in [3.05, 3.63) is 81.6 Å². The summed E-state index contributed by atoms with van der Waals surface area (Å²) in [5.41, 5.74) is 2.64. The predicted octanol–water partition coefficient (Wildman–Crippen LogP) is 4.54. The lowest BCUT2D eigenvalue weighted by molar-refractivity contribution is -0.127. The van der Waals surface area contributed by atoms with Crippen molar-refractivity contribution in [3.63, 3.8) is 0 Å². The molecule has 1 aromatic heterocycles. The number of hydrogen-bond acceptors (Lipinski definition) is 6. The van der Waals surface area contributed by atoms with Crippen molar-refractivity contribution in [3.8, 4) is 11.5 Å². The lowest BCUT2D eigenvalue weighted by Crippen LogP contribution is -2.47. The van der Waals surface area contributed by atoms with Gasteiger partial charge in [0.2, 0.25) is 5.91 Å². The smallest absolute Gasteiger partial charge is 0.246 e. The standard InChI is InChI=1S/C26H28FN3O3S/c1-19-28-22(18-34-19)17-33-24-6-4-3-5-21(24)8-10-26(31)30-13-11-29(12-14-30)16-20-7-9-25(32-2)23(27)15-20/h3-10,15,18H,11-14,16-17H2,1-2H3/b10-8+. The minimum atomic E-state index is -0.357. The highest BCUT2D eigenvalue weighted by molar-refractivity contribution is 7.09. The minimum absolute atomic E-state index is 0.0277. The molecule has 34 heavy (non-hydrogen) atoms. The van der Waals surface area contributed by atoms with Gasteiger partial charge in [0, 0.05) is 49.7 Å². The van der Waals surface area contributed by atoms with E-state index in [-0.39, 0.29) is 17.5 Å². The minimum Gasteiger partial charge on any atom is -0.494 e. The van der Waals surface area contributed by atoms with Crippen LogP contribution in [0.2, 0.25) is 0 Å². The molecule has 2 heterocycles. The summed E-state index contributed by atoms with van der Waals surface area (Å²) in [6.07, 6.45) is 3.40. The van der Waals surface area contributed by atoms with Gasteiger partial charge in [0.05, 0.1) is 17.8 Å². The Kier molecular flexibility index (Phi) is 7.92. The first-order valence-electron chi connectivity index (χ1n) is 11.2. The highest BCUT2D eigenvalue weighted by Crippen LogP contribution is 2.22. The second-order valence-corrected chi connectivity index (χ2v) is 9.15. The molecule has 0 spiro atoms. The Hall–Kier alpha value is -3.23. The zero-order valence-corrected chi connectivity index (χ0v) is 20.2. The van der Waals surface area contributed by atoms with Gasteiger partial charge >= 0.3 is 0 Å². The fourth-order valence-corrected chi connectivity index (χ4v) is 4.43. The molecule has 0 unspecified atom stereocenters. The fraction of sp³-hybridized carbons (Fsp3) is 0.308. The number of nitrogens with zero attached hydrogens (tertiary/aromatic N) is 3. The first-order chi connectivity index (χ1) is 16.5. The topological polar surface area (TPSA) is 54.9 Å². The lowest BCUT2D eigenvalue weighted by atomic mass is 10.1. The third kappa shape index (κ3) is 6.21. The third-order valence-electron chi connectivity index (χ3n) is 5.67. The van der Waals surface area contributed by atoms with E-state index >= 15 is 0 Å². The number of ether oxygens (including phenoxy) is 2. The maximum absolute atomic E-state index is 13.9. The zero-order chi connectivity index (χ0) is 23.9. The van der Waals surface area contributed by atoms with E-state index in [1.165, 1.54) is 13.2 Å². The van der Waals surface area contributed by atoms with Gasteiger partial charge in [0.1, 0.15) is 12.4 Å². The maximum Gasteiger partial charge on any atom is 0.246 e. The van der Waals surface area contributed by atoms with Crippen molar-refractivity contribution >= 4 is 23.3 Å². The van der Waals surface area contributed by atoms with E-state index in [1.807, 2.05) is 47.5 Å². The molecule has 1 aliphatic rings. The van der Waals surface area contributed by atoms with Gasteiger partial charge in [-0.05, 0) is 36.8 Å². The number of benzene rings is 2. The van der Waals surface area contributed by atoms with E-state index < -0.39 is 0 Å². The van der Waals surface area contributed by atoms with Crippen molar-refractivity contribution in [1.29, 1.82) is 0 Å². The summed E-state index contributed by atoms with van der Waals surface area (Å²) in [4.78, 5) is 21.2. The van der Waals surface area contributed by atoms with Gasteiger partial charge in [-0.1, -0.05) is 24.3 Å². The SMILES string of the molecule is COc1ccc(CN2CCN(C(=O)/C=C/c3ccccc3OCc3csc(C)n3)CC2)cc1F. The van der Waals surface area contributed by atoms with Crippen molar-refractivity contribution in [2.45, 2.75) is 20.1 Å². The molecule has 8 heteroatoms. The number of carbonyl (C=O) groups is 1. The van der Waals surface area contributed by atoms with Crippen LogP contribution in [0.15, 0.2) is 53.9 Å². The van der Waals surface area contributed by atoms with E-state index in [9.17, 15) is 9.18 Å². The molecule has 4 rings (SSSR count). The van der Waals surface area contributed by atoms with E-state index in [4.69, 9.17) is 9.47 Å². The Bertz CT molecular complexity index is 1160. The Morgan fingerprint density at radius 3 is 2.65 bits per heavy atom. The van der Waals surface area contributed by atoms with Crippen molar-refractivity contribution in [2.75, 3.05) is 33.3 Å². The molecule has 2 aromatic carbocycles. The number of halogens is 1. The molecule has 6 nitrogen and oxygen atoms in total. The van der Waals surface area contributed by atoms with Gasteiger partial charge in [-0.15, -0.1) is 11.3 Å². The molecule has 0 radical (unpaired) electrons. The van der Waals surface area contributed by atoms with Crippen molar-refractivity contribution in [2.24, 2.45) is 0 Å². The van der Waals surface area contributed by atoms with Crippen LogP contribution in [0.3, 0.4) is 0 Å². The number of amides is 1. The Morgan fingerprint density at radius 1 is 1.15 bits per heavy atom. The quantitative estimate of drug-likeness (QED) is 0.443. The van der Waals surface area contributed by atoms with Crippen LogP contribution in [0.4, 0.5) is 4.39 Å². The van der Waals surface area contributed by atoms with Gasteiger partial charge in [0.25, 0.3) is 0 Å². The van der Waals surface area contributed by atoms with E-state index in [2.05, 4.69) is 9.88 Å². The van der Waals surface area contributed by atoms with Gasteiger partial charge in [0.15, 0.2) is 11.6 Å². The normalized spacial score (nSPS) is 14.5. The van der Waals surface area contributed by atoms with Crippen LogP contribution in [-0.2, 0) is 17.9 Å². The molecule has 1 saturated heterocycles. The second-order valence-electron chi connectivity index (χ2n) is 8.09. The molecule has 0 bridgehead atoms. The molecule has 178 valence electrons. The summed E-state index contributed by atoms with van der Waals surface area (Å²) >= 11 is 1.60. The number of carbonyl (C=O) groups excluding carboxylic acids is 1. The molecule has 3 aromatic rings. The molecule has 0 atom stereocenters. The van der Waals surface area contributed by atoms with E-state index in [1.54, 1.807) is 29.6 Å². The van der Waals surface area contributed by atoms with Gasteiger partial charge in [-0.25, -0.2) is 9.37 Å². The zero-order valence-electron chi connectivity index (χ0n) is 19.4. The monoisotopic (exact) mass is 481 g/mol. The number of para-hydroxylation sites is 1. The molecular weight excluding hydrogens is 453 g/mol. The maximum atomic E-state index is 13.9. The number of rotatable bonds is 8. The van der Waals surface area contributed by atoms with Gasteiger partial charge in [-0.3, -0.25) is 9.69 Å². The number of aromatic nitrogens is 1. The lowest BCUT2D eigenvalue weighted by Gasteiger charge is -2.34.